The minimum absolute atomic E-state index is 0.0220. The first-order chi connectivity index (χ1) is 14.7. The van der Waals surface area contributed by atoms with Crippen molar-refractivity contribution in [2.45, 2.75) is 30.3 Å². The first-order valence-electron chi connectivity index (χ1n) is 9.71. The summed E-state index contributed by atoms with van der Waals surface area (Å²) in [6.45, 7) is 2.41. The van der Waals surface area contributed by atoms with E-state index in [0.29, 0.717) is 13.0 Å². The zero-order chi connectivity index (χ0) is 20.8. The van der Waals surface area contributed by atoms with Crippen LogP contribution in [-0.2, 0) is 17.8 Å². The number of nitrogens with one attached hydrogen (secondary N) is 1. The molecule has 1 unspecified atom stereocenters. The van der Waals surface area contributed by atoms with Crippen molar-refractivity contribution in [2.75, 3.05) is 0 Å². The molecule has 2 aromatic heterocycles. The number of nitrogens with zero attached hydrogens (tertiary/aromatic N) is 3. The molecule has 4 aromatic rings. The first-order valence-corrected chi connectivity index (χ1v) is 11.5. The Morgan fingerprint density at radius 1 is 1.03 bits per heavy atom. The number of amides is 1. The Morgan fingerprint density at radius 2 is 1.77 bits per heavy atom. The molecular weight excluding hydrogens is 412 g/mol. The summed E-state index contributed by atoms with van der Waals surface area (Å²) in [4.78, 5) is 13.9. The minimum atomic E-state index is -0.296. The summed E-state index contributed by atoms with van der Waals surface area (Å²) in [7, 11) is 0. The van der Waals surface area contributed by atoms with E-state index in [9.17, 15) is 4.79 Å². The molecule has 0 radical (unpaired) electrons. The number of hydrogen-bond acceptors (Lipinski definition) is 5. The van der Waals surface area contributed by atoms with E-state index in [0.717, 1.165) is 22.2 Å². The van der Waals surface area contributed by atoms with Crippen LogP contribution in [0.5, 0.6) is 0 Å². The molecule has 1 amide bonds. The predicted molar refractivity (Wildman–Crippen MR) is 122 cm³/mol. The van der Waals surface area contributed by atoms with Crippen molar-refractivity contribution < 1.29 is 4.79 Å². The molecule has 4 rings (SSSR count). The Morgan fingerprint density at radius 3 is 2.47 bits per heavy atom. The Balaban J connectivity index is 1.51. The summed E-state index contributed by atoms with van der Waals surface area (Å²) in [6.07, 6.45) is 0.703. The number of benzene rings is 2. The third-order valence-corrected chi connectivity index (χ3v) is 6.51. The van der Waals surface area contributed by atoms with Crippen LogP contribution in [0.3, 0.4) is 0 Å². The van der Waals surface area contributed by atoms with Crippen LogP contribution in [-0.4, -0.2) is 25.9 Å². The highest BCUT2D eigenvalue weighted by Crippen LogP contribution is 2.27. The van der Waals surface area contributed by atoms with E-state index in [1.807, 2.05) is 78.2 Å². The molecule has 7 heteroatoms. The van der Waals surface area contributed by atoms with Crippen molar-refractivity contribution in [1.29, 1.82) is 0 Å². The standard InChI is InChI=1S/C23H22N4OS2/c1-17(22(28)24-16-18-9-4-2-5-10-18)30-23-26-25-21(15-20-13-8-14-29-20)27(23)19-11-6-3-7-12-19/h2-14,17H,15-16H2,1H3,(H,24,28). The van der Waals surface area contributed by atoms with E-state index >= 15 is 0 Å². The summed E-state index contributed by atoms with van der Waals surface area (Å²) in [6, 6.07) is 24.1. The lowest BCUT2D eigenvalue weighted by atomic mass is 10.2. The summed E-state index contributed by atoms with van der Waals surface area (Å²) in [5.41, 5.74) is 2.07. The summed E-state index contributed by atoms with van der Waals surface area (Å²) in [5.74, 6) is 0.842. The van der Waals surface area contributed by atoms with E-state index in [-0.39, 0.29) is 11.2 Å². The topological polar surface area (TPSA) is 59.8 Å². The minimum Gasteiger partial charge on any atom is -0.351 e. The van der Waals surface area contributed by atoms with Gasteiger partial charge in [-0.15, -0.1) is 21.5 Å². The van der Waals surface area contributed by atoms with Gasteiger partial charge in [-0.2, -0.15) is 0 Å². The third kappa shape index (κ3) is 4.98. The van der Waals surface area contributed by atoms with Gasteiger partial charge in [0.15, 0.2) is 5.16 Å². The quantitative estimate of drug-likeness (QED) is 0.408. The average Bonchev–Trinajstić information content (AvgIpc) is 3.44. The van der Waals surface area contributed by atoms with Crippen LogP contribution < -0.4 is 5.32 Å². The van der Waals surface area contributed by atoms with Crippen molar-refractivity contribution in [3.8, 4) is 5.69 Å². The van der Waals surface area contributed by atoms with Gasteiger partial charge < -0.3 is 5.32 Å². The molecule has 0 spiro atoms. The van der Waals surface area contributed by atoms with Gasteiger partial charge in [0.2, 0.25) is 5.91 Å². The van der Waals surface area contributed by atoms with E-state index < -0.39 is 0 Å². The van der Waals surface area contributed by atoms with Crippen molar-refractivity contribution in [2.24, 2.45) is 0 Å². The summed E-state index contributed by atoms with van der Waals surface area (Å²) >= 11 is 3.12. The van der Waals surface area contributed by atoms with Crippen molar-refractivity contribution in [1.82, 2.24) is 20.1 Å². The molecular formula is C23H22N4OS2. The van der Waals surface area contributed by atoms with E-state index in [2.05, 4.69) is 27.0 Å². The number of para-hydroxylation sites is 1. The van der Waals surface area contributed by atoms with Gasteiger partial charge >= 0.3 is 0 Å². The first kappa shape index (κ1) is 20.4. The maximum Gasteiger partial charge on any atom is 0.233 e. The lowest BCUT2D eigenvalue weighted by Gasteiger charge is -2.14. The maximum absolute atomic E-state index is 12.6. The van der Waals surface area contributed by atoms with Crippen LogP contribution in [0, 0.1) is 0 Å². The van der Waals surface area contributed by atoms with E-state index in [1.165, 1.54) is 16.6 Å². The molecule has 30 heavy (non-hydrogen) atoms. The number of carbonyl (C=O) groups excluding carboxylic acids is 1. The lowest BCUT2D eigenvalue weighted by molar-refractivity contribution is -0.120. The highest BCUT2D eigenvalue weighted by atomic mass is 32.2. The molecule has 0 aliphatic carbocycles. The maximum atomic E-state index is 12.6. The molecule has 2 aromatic carbocycles. The fourth-order valence-corrected chi connectivity index (χ4v) is 4.65. The molecule has 5 nitrogen and oxygen atoms in total. The van der Waals surface area contributed by atoms with Gasteiger partial charge in [0, 0.05) is 23.5 Å². The van der Waals surface area contributed by atoms with Crippen LogP contribution in [0.15, 0.2) is 83.3 Å². The van der Waals surface area contributed by atoms with Gasteiger partial charge in [-0.3, -0.25) is 9.36 Å². The number of carbonyl (C=O) groups is 1. The second-order valence-electron chi connectivity index (χ2n) is 6.79. The van der Waals surface area contributed by atoms with Crippen molar-refractivity contribution in [3.05, 3.63) is 94.4 Å². The number of hydrogen-bond donors (Lipinski definition) is 1. The Kier molecular flexibility index (Phi) is 6.61. The third-order valence-electron chi connectivity index (χ3n) is 4.59. The van der Waals surface area contributed by atoms with Crippen LogP contribution in [0.2, 0.25) is 0 Å². The molecule has 0 saturated heterocycles. The zero-order valence-corrected chi connectivity index (χ0v) is 18.2. The number of thioether (sulfide) groups is 1. The van der Waals surface area contributed by atoms with Crippen LogP contribution in [0.4, 0.5) is 0 Å². The molecule has 1 atom stereocenters. The van der Waals surface area contributed by atoms with Gasteiger partial charge in [0.25, 0.3) is 0 Å². The largest absolute Gasteiger partial charge is 0.351 e. The zero-order valence-electron chi connectivity index (χ0n) is 16.6. The molecule has 0 aliphatic heterocycles. The lowest BCUT2D eigenvalue weighted by Crippen LogP contribution is -2.30. The van der Waals surface area contributed by atoms with Crippen molar-refractivity contribution in [3.63, 3.8) is 0 Å². The molecule has 0 aliphatic rings. The van der Waals surface area contributed by atoms with Crippen LogP contribution in [0.1, 0.15) is 23.2 Å². The van der Waals surface area contributed by atoms with Crippen LogP contribution >= 0.6 is 23.1 Å². The van der Waals surface area contributed by atoms with Gasteiger partial charge in [-0.25, -0.2) is 0 Å². The van der Waals surface area contributed by atoms with Gasteiger partial charge in [-0.1, -0.05) is 66.4 Å². The number of thiophene rings is 1. The molecule has 2 heterocycles. The molecule has 0 fully saturated rings. The Bertz CT molecular complexity index is 1080. The highest BCUT2D eigenvalue weighted by molar-refractivity contribution is 8.00. The average molecular weight is 435 g/mol. The molecule has 1 N–H and O–H groups in total. The normalized spacial score (nSPS) is 11.9. The molecule has 0 saturated carbocycles. The smallest absolute Gasteiger partial charge is 0.233 e. The second-order valence-corrected chi connectivity index (χ2v) is 9.13. The fourth-order valence-electron chi connectivity index (χ4n) is 3.04. The van der Waals surface area contributed by atoms with Gasteiger partial charge in [0.1, 0.15) is 5.82 Å². The predicted octanol–water partition coefficient (Wildman–Crippen LogP) is 4.72. The highest BCUT2D eigenvalue weighted by Gasteiger charge is 2.21. The molecule has 0 bridgehead atoms. The summed E-state index contributed by atoms with van der Waals surface area (Å²) < 4.78 is 2.05. The summed E-state index contributed by atoms with van der Waals surface area (Å²) in [5, 5.41) is 14.3. The van der Waals surface area contributed by atoms with Crippen molar-refractivity contribution >= 4 is 29.0 Å². The van der Waals surface area contributed by atoms with Gasteiger partial charge in [0.05, 0.1) is 5.25 Å². The molecule has 152 valence electrons. The number of rotatable bonds is 8. The SMILES string of the molecule is CC(Sc1nnc(Cc2cccs2)n1-c1ccccc1)C(=O)NCc1ccccc1. The van der Waals surface area contributed by atoms with E-state index in [4.69, 9.17) is 0 Å². The fraction of sp³-hybridized carbons (Fsp3) is 0.174. The van der Waals surface area contributed by atoms with Gasteiger partial charge in [-0.05, 0) is 36.1 Å². The van der Waals surface area contributed by atoms with Crippen LogP contribution in [0.25, 0.3) is 5.69 Å². The second kappa shape index (κ2) is 9.73. The Hall–Kier alpha value is -2.90. The number of aromatic nitrogens is 3. The Labute approximate surface area is 184 Å². The monoisotopic (exact) mass is 434 g/mol. The van der Waals surface area contributed by atoms with E-state index in [1.54, 1.807) is 11.3 Å².